The maximum absolute atomic E-state index is 13.2. The SMILES string of the molecule is CC[C@H](C)[C@H](CCc1ccccc1)N[C@@H](Cc1ccc(O)cc1)C(=O)NC(=O)[C@@H](N)C(C)C. The Balaban J connectivity index is 2.19. The number of carbonyl (C=O) groups excluding carboxylic acids is 2. The molecule has 0 aliphatic heterocycles. The zero-order valence-corrected chi connectivity index (χ0v) is 20.3. The number of hydrogen-bond donors (Lipinski definition) is 4. The highest BCUT2D eigenvalue weighted by Crippen LogP contribution is 2.17. The lowest BCUT2D eigenvalue weighted by molar-refractivity contribution is -0.133. The molecule has 6 nitrogen and oxygen atoms in total. The van der Waals surface area contributed by atoms with Crippen molar-refractivity contribution in [1.29, 1.82) is 0 Å². The van der Waals surface area contributed by atoms with E-state index in [4.69, 9.17) is 5.73 Å². The monoisotopic (exact) mass is 453 g/mol. The van der Waals surface area contributed by atoms with Gasteiger partial charge in [-0.1, -0.05) is 76.6 Å². The number of nitrogens with one attached hydrogen (secondary N) is 2. The van der Waals surface area contributed by atoms with Crippen molar-refractivity contribution in [3.05, 3.63) is 65.7 Å². The molecule has 0 radical (unpaired) electrons. The summed E-state index contributed by atoms with van der Waals surface area (Å²) in [5.41, 5.74) is 8.10. The Hall–Kier alpha value is -2.70. The van der Waals surface area contributed by atoms with Crippen molar-refractivity contribution < 1.29 is 14.7 Å². The standard InChI is InChI=1S/C27H39N3O3/c1-5-19(4)23(16-13-20-9-7-6-8-10-20)29-24(17-21-11-14-22(31)15-12-21)26(32)30-27(33)25(28)18(2)3/h6-12,14-15,18-19,23-25,29,31H,5,13,16-17,28H2,1-4H3,(H,30,32,33)/t19-,23-,24-,25-/m0/s1. The highest BCUT2D eigenvalue weighted by molar-refractivity contribution is 6.00. The number of nitrogens with two attached hydrogens (primary N) is 1. The molecule has 0 saturated carbocycles. The molecule has 0 aliphatic carbocycles. The molecule has 0 unspecified atom stereocenters. The van der Waals surface area contributed by atoms with E-state index >= 15 is 0 Å². The predicted octanol–water partition coefficient (Wildman–Crippen LogP) is 3.57. The van der Waals surface area contributed by atoms with Crippen molar-refractivity contribution in [2.24, 2.45) is 17.6 Å². The lowest BCUT2D eigenvalue weighted by Crippen LogP contribution is -2.55. The van der Waals surface area contributed by atoms with Crippen LogP contribution in [0.3, 0.4) is 0 Å². The van der Waals surface area contributed by atoms with Crippen LogP contribution in [0.1, 0.15) is 51.7 Å². The average Bonchev–Trinajstić information content (AvgIpc) is 2.81. The van der Waals surface area contributed by atoms with Gasteiger partial charge in [0.1, 0.15) is 5.75 Å². The molecule has 6 heteroatoms. The number of carbonyl (C=O) groups is 2. The van der Waals surface area contributed by atoms with Crippen LogP contribution < -0.4 is 16.4 Å². The van der Waals surface area contributed by atoms with Crippen molar-refractivity contribution in [1.82, 2.24) is 10.6 Å². The average molecular weight is 454 g/mol. The Bertz CT molecular complexity index is 868. The van der Waals surface area contributed by atoms with Crippen molar-refractivity contribution >= 4 is 11.8 Å². The fourth-order valence-corrected chi connectivity index (χ4v) is 3.73. The van der Waals surface area contributed by atoms with Crippen molar-refractivity contribution in [3.8, 4) is 5.75 Å². The van der Waals surface area contributed by atoms with Gasteiger partial charge < -0.3 is 16.2 Å². The summed E-state index contributed by atoms with van der Waals surface area (Å²) >= 11 is 0. The molecule has 2 aromatic carbocycles. The number of phenolic OH excluding ortho intramolecular Hbond substituents is 1. The predicted molar refractivity (Wildman–Crippen MR) is 133 cm³/mol. The van der Waals surface area contributed by atoms with Gasteiger partial charge in [-0.05, 0) is 54.4 Å². The van der Waals surface area contributed by atoms with E-state index in [9.17, 15) is 14.7 Å². The minimum Gasteiger partial charge on any atom is -0.508 e. The second-order valence-corrected chi connectivity index (χ2v) is 9.23. The number of amides is 2. The number of benzene rings is 2. The molecule has 180 valence electrons. The van der Waals surface area contributed by atoms with Crippen LogP contribution in [0.2, 0.25) is 0 Å². The molecule has 0 fully saturated rings. The number of aromatic hydroxyl groups is 1. The van der Waals surface area contributed by atoms with E-state index in [0.29, 0.717) is 12.3 Å². The number of hydrogen-bond acceptors (Lipinski definition) is 5. The topological polar surface area (TPSA) is 104 Å². The number of aryl methyl sites for hydroxylation is 1. The van der Waals surface area contributed by atoms with E-state index in [1.807, 2.05) is 32.0 Å². The molecular weight excluding hydrogens is 414 g/mol. The Kier molecular flexibility index (Phi) is 10.6. The van der Waals surface area contributed by atoms with Gasteiger partial charge in [0.25, 0.3) is 0 Å². The molecule has 2 amide bonds. The Morgan fingerprint density at radius 2 is 1.58 bits per heavy atom. The second-order valence-electron chi connectivity index (χ2n) is 9.23. The second kappa shape index (κ2) is 13.1. The molecule has 2 aromatic rings. The van der Waals surface area contributed by atoms with Gasteiger partial charge >= 0.3 is 0 Å². The summed E-state index contributed by atoms with van der Waals surface area (Å²) in [6.07, 6.45) is 3.14. The van der Waals surface area contributed by atoms with Crippen molar-refractivity contribution in [3.63, 3.8) is 0 Å². The summed E-state index contributed by atoms with van der Waals surface area (Å²) in [5, 5.41) is 15.7. The van der Waals surface area contributed by atoms with Gasteiger partial charge in [0.2, 0.25) is 11.8 Å². The lowest BCUT2D eigenvalue weighted by Gasteiger charge is -2.30. The maximum Gasteiger partial charge on any atom is 0.244 e. The molecular formula is C27H39N3O3. The third-order valence-electron chi connectivity index (χ3n) is 6.29. The van der Waals surface area contributed by atoms with Gasteiger partial charge in [-0.2, -0.15) is 0 Å². The highest BCUT2D eigenvalue weighted by atomic mass is 16.3. The first-order chi connectivity index (χ1) is 15.7. The van der Waals surface area contributed by atoms with Gasteiger partial charge in [0, 0.05) is 6.04 Å². The van der Waals surface area contributed by atoms with Crippen LogP contribution in [0.15, 0.2) is 54.6 Å². The molecule has 2 rings (SSSR count). The molecule has 0 saturated heterocycles. The number of imide groups is 1. The minimum absolute atomic E-state index is 0.0694. The first-order valence-corrected chi connectivity index (χ1v) is 11.9. The van der Waals surface area contributed by atoms with E-state index < -0.39 is 18.0 Å². The van der Waals surface area contributed by atoms with Gasteiger partial charge in [0.15, 0.2) is 0 Å². The number of phenols is 1. The lowest BCUT2D eigenvalue weighted by atomic mass is 9.91. The van der Waals surface area contributed by atoms with Crippen LogP contribution in [0, 0.1) is 11.8 Å². The summed E-state index contributed by atoms with van der Waals surface area (Å²) in [7, 11) is 0. The van der Waals surface area contributed by atoms with E-state index in [-0.39, 0.29) is 23.6 Å². The Morgan fingerprint density at radius 1 is 0.939 bits per heavy atom. The summed E-state index contributed by atoms with van der Waals surface area (Å²) in [4.78, 5) is 25.6. The van der Waals surface area contributed by atoms with Gasteiger partial charge in [0.05, 0.1) is 12.1 Å². The molecule has 0 bridgehead atoms. The normalized spacial score (nSPS) is 15.0. The van der Waals surface area contributed by atoms with Gasteiger partial charge in [-0.3, -0.25) is 14.9 Å². The summed E-state index contributed by atoms with van der Waals surface area (Å²) < 4.78 is 0. The minimum atomic E-state index is -0.744. The molecule has 0 aromatic heterocycles. The van der Waals surface area contributed by atoms with E-state index in [1.54, 1.807) is 24.3 Å². The van der Waals surface area contributed by atoms with Gasteiger partial charge in [-0.15, -0.1) is 0 Å². The summed E-state index contributed by atoms with van der Waals surface area (Å²) in [6, 6.07) is 15.8. The highest BCUT2D eigenvalue weighted by Gasteiger charge is 2.28. The molecule has 0 spiro atoms. The fraction of sp³-hybridized carbons (Fsp3) is 0.481. The molecule has 0 heterocycles. The van der Waals surface area contributed by atoms with E-state index in [2.05, 4.69) is 36.6 Å². The number of rotatable bonds is 12. The molecule has 5 N–H and O–H groups in total. The fourth-order valence-electron chi connectivity index (χ4n) is 3.73. The van der Waals surface area contributed by atoms with Gasteiger partial charge in [-0.25, -0.2) is 0 Å². The van der Waals surface area contributed by atoms with E-state index in [0.717, 1.165) is 24.8 Å². The first kappa shape index (κ1) is 26.6. The molecule has 4 atom stereocenters. The summed E-state index contributed by atoms with van der Waals surface area (Å²) in [6.45, 7) is 8.02. The molecule has 33 heavy (non-hydrogen) atoms. The smallest absolute Gasteiger partial charge is 0.244 e. The maximum atomic E-state index is 13.2. The first-order valence-electron chi connectivity index (χ1n) is 11.9. The third-order valence-corrected chi connectivity index (χ3v) is 6.29. The third kappa shape index (κ3) is 8.63. The van der Waals surface area contributed by atoms with Crippen LogP contribution >= 0.6 is 0 Å². The Morgan fingerprint density at radius 3 is 2.15 bits per heavy atom. The van der Waals surface area contributed by atoms with Crippen LogP contribution in [0.5, 0.6) is 5.75 Å². The van der Waals surface area contributed by atoms with Crippen LogP contribution in [0.4, 0.5) is 0 Å². The largest absolute Gasteiger partial charge is 0.508 e. The van der Waals surface area contributed by atoms with Crippen LogP contribution in [0.25, 0.3) is 0 Å². The van der Waals surface area contributed by atoms with Crippen molar-refractivity contribution in [2.45, 2.75) is 71.5 Å². The quantitative estimate of drug-likeness (QED) is 0.393. The zero-order valence-electron chi connectivity index (χ0n) is 20.3. The zero-order chi connectivity index (χ0) is 24.4. The van der Waals surface area contributed by atoms with Crippen LogP contribution in [-0.4, -0.2) is 35.0 Å². The van der Waals surface area contributed by atoms with Crippen molar-refractivity contribution in [2.75, 3.05) is 0 Å². The molecule has 0 aliphatic rings. The van der Waals surface area contributed by atoms with E-state index in [1.165, 1.54) is 5.56 Å². The Labute approximate surface area is 198 Å². The summed E-state index contributed by atoms with van der Waals surface area (Å²) in [5.74, 6) is -0.391. The van der Waals surface area contributed by atoms with Crippen LogP contribution in [-0.2, 0) is 22.4 Å².